The van der Waals surface area contributed by atoms with Gasteiger partial charge in [0.1, 0.15) is 0 Å². The lowest BCUT2D eigenvalue weighted by molar-refractivity contribution is -0.120. The van der Waals surface area contributed by atoms with Crippen LogP contribution in [0, 0.1) is 0 Å². The summed E-state index contributed by atoms with van der Waals surface area (Å²) in [6, 6.07) is -0.178. The highest BCUT2D eigenvalue weighted by Crippen LogP contribution is 2.00. The van der Waals surface area contributed by atoms with Crippen LogP contribution in [0.3, 0.4) is 0 Å². The Morgan fingerprint density at radius 3 is 2.50 bits per heavy atom. The summed E-state index contributed by atoms with van der Waals surface area (Å²) < 4.78 is 0. The van der Waals surface area contributed by atoms with Crippen LogP contribution in [-0.4, -0.2) is 55.0 Å². The van der Waals surface area contributed by atoms with Crippen LogP contribution in [0.1, 0.15) is 20.3 Å². The molecule has 0 saturated carbocycles. The van der Waals surface area contributed by atoms with Gasteiger partial charge in [-0.1, -0.05) is 13.8 Å². The average molecular weight is 247 g/mol. The summed E-state index contributed by atoms with van der Waals surface area (Å²) in [5.41, 5.74) is 5.34. The fourth-order valence-electron chi connectivity index (χ4n) is 1.52. The molecule has 1 amide bonds. The number of likely N-dealkylation sites (N-methyl/N-ethyl adjacent to an activating group) is 1. The van der Waals surface area contributed by atoms with E-state index in [0.717, 1.165) is 38.4 Å². The summed E-state index contributed by atoms with van der Waals surface area (Å²) in [6.07, 6.45) is 2.85. The van der Waals surface area contributed by atoms with E-state index in [0.29, 0.717) is 0 Å². The lowest BCUT2D eigenvalue weighted by Gasteiger charge is -2.20. The summed E-state index contributed by atoms with van der Waals surface area (Å²) in [6.45, 7) is 8.17. The predicted molar refractivity (Wildman–Crippen MR) is 71.8 cm³/mol. The van der Waals surface area contributed by atoms with Crippen molar-refractivity contribution in [2.45, 2.75) is 26.3 Å². The second-order valence-electron chi connectivity index (χ2n) is 3.72. The summed E-state index contributed by atoms with van der Waals surface area (Å²) in [4.78, 5) is 13.5. The first-order chi connectivity index (χ1) is 7.65. The Balaban J connectivity index is 3.79. The second kappa shape index (κ2) is 9.93. The normalized spacial score (nSPS) is 13.0. The van der Waals surface area contributed by atoms with Crippen LogP contribution in [0.2, 0.25) is 0 Å². The van der Waals surface area contributed by atoms with Crippen molar-refractivity contribution < 1.29 is 4.79 Å². The van der Waals surface area contributed by atoms with Crippen LogP contribution in [0.5, 0.6) is 0 Å². The number of nitrogens with zero attached hydrogens (tertiary/aromatic N) is 1. The molecule has 0 aromatic rings. The monoisotopic (exact) mass is 247 g/mol. The van der Waals surface area contributed by atoms with Crippen molar-refractivity contribution in [3.63, 3.8) is 0 Å². The number of nitrogens with one attached hydrogen (secondary N) is 1. The van der Waals surface area contributed by atoms with Crippen LogP contribution in [0.4, 0.5) is 0 Å². The molecule has 0 aliphatic carbocycles. The Morgan fingerprint density at radius 2 is 2.06 bits per heavy atom. The van der Waals surface area contributed by atoms with Crippen LogP contribution in [0.15, 0.2) is 0 Å². The molecular formula is C11H25N3OS. The fourth-order valence-corrected chi connectivity index (χ4v) is 1.99. The smallest absolute Gasteiger partial charge is 0.234 e. The minimum absolute atomic E-state index is 0.178. The van der Waals surface area contributed by atoms with Crippen molar-refractivity contribution in [3.05, 3.63) is 0 Å². The van der Waals surface area contributed by atoms with Crippen molar-refractivity contribution in [2.75, 3.05) is 38.2 Å². The number of hydrogen-bond acceptors (Lipinski definition) is 4. The van der Waals surface area contributed by atoms with E-state index in [1.807, 2.05) is 6.26 Å². The first-order valence-corrected chi connectivity index (χ1v) is 7.29. The number of thioether (sulfide) groups is 1. The molecule has 1 atom stereocenters. The molecule has 0 rings (SSSR count). The van der Waals surface area contributed by atoms with E-state index in [1.165, 1.54) is 0 Å². The maximum Gasteiger partial charge on any atom is 0.234 e. The van der Waals surface area contributed by atoms with Gasteiger partial charge in [0.25, 0.3) is 0 Å². The highest BCUT2D eigenvalue weighted by atomic mass is 32.2. The SMILES string of the molecule is CCN(CC)CCNC(CCSC)C(N)=O. The third kappa shape index (κ3) is 7.09. The van der Waals surface area contributed by atoms with E-state index in [4.69, 9.17) is 5.73 Å². The van der Waals surface area contributed by atoms with Gasteiger partial charge in [0.2, 0.25) is 5.91 Å². The van der Waals surface area contributed by atoms with Crippen molar-refractivity contribution in [3.8, 4) is 0 Å². The molecule has 0 aliphatic heterocycles. The molecule has 0 bridgehead atoms. The van der Waals surface area contributed by atoms with E-state index in [-0.39, 0.29) is 11.9 Å². The van der Waals surface area contributed by atoms with Gasteiger partial charge in [0.05, 0.1) is 6.04 Å². The van der Waals surface area contributed by atoms with Crippen LogP contribution in [-0.2, 0) is 4.79 Å². The number of primary amides is 1. The van der Waals surface area contributed by atoms with Crippen molar-refractivity contribution in [1.29, 1.82) is 0 Å². The lowest BCUT2D eigenvalue weighted by Crippen LogP contribution is -2.44. The van der Waals surface area contributed by atoms with Gasteiger partial charge in [-0.25, -0.2) is 0 Å². The number of carbonyl (C=O) groups is 1. The zero-order valence-corrected chi connectivity index (χ0v) is 11.5. The molecular weight excluding hydrogens is 222 g/mol. The lowest BCUT2D eigenvalue weighted by atomic mass is 10.2. The Labute approximate surface area is 103 Å². The Hall–Kier alpha value is -0.260. The molecule has 0 aliphatic rings. The average Bonchev–Trinajstić information content (AvgIpc) is 2.28. The van der Waals surface area contributed by atoms with E-state index in [2.05, 4.69) is 24.1 Å². The molecule has 0 heterocycles. The van der Waals surface area contributed by atoms with Gasteiger partial charge >= 0.3 is 0 Å². The Bertz CT molecular complexity index is 186. The van der Waals surface area contributed by atoms with Crippen LogP contribution < -0.4 is 11.1 Å². The van der Waals surface area contributed by atoms with Crippen molar-refractivity contribution in [1.82, 2.24) is 10.2 Å². The molecule has 0 radical (unpaired) electrons. The first kappa shape index (κ1) is 15.7. The van der Waals surface area contributed by atoms with Gasteiger partial charge in [0.15, 0.2) is 0 Å². The minimum Gasteiger partial charge on any atom is -0.368 e. The summed E-state index contributed by atoms with van der Waals surface area (Å²) in [5.74, 6) is 0.722. The molecule has 3 N–H and O–H groups in total. The number of carbonyl (C=O) groups excluding carboxylic acids is 1. The third-order valence-electron chi connectivity index (χ3n) is 2.67. The standard InChI is InChI=1S/C11H25N3OS/c1-4-14(5-2)8-7-13-10(11(12)15)6-9-16-3/h10,13H,4-9H2,1-3H3,(H2,12,15). The summed E-state index contributed by atoms with van der Waals surface area (Å²) in [7, 11) is 0. The maximum absolute atomic E-state index is 11.2. The molecule has 0 aromatic heterocycles. The molecule has 0 saturated heterocycles. The van der Waals surface area contributed by atoms with E-state index >= 15 is 0 Å². The van der Waals surface area contributed by atoms with Gasteiger partial charge in [-0.05, 0) is 31.5 Å². The molecule has 96 valence electrons. The number of nitrogens with two attached hydrogens (primary N) is 1. The van der Waals surface area contributed by atoms with E-state index in [9.17, 15) is 4.79 Å². The summed E-state index contributed by atoms with van der Waals surface area (Å²) in [5, 5.41) is 3.22. The molecule has 4 nitrogen and oxygen atoms in total. The van der Waals surface area contributed by atoms with Gasteiger partial charge in [-0.3, -0.25) is 4.79 Å². The van der Waals surface area contributed by atoms with Crippen molar-refractivity contribution >= 4 is 17.7 Å². The Kier molecular flexibility index (Phi) is 9.77. The number of amides is 1. The highest BCUT2D eigenvalue weighted by Gasteiger charge is 2.13. The second-order valence-corrected chi connectivity index (χ2v) is 4.70. The maximum atomic E-state index is 11.2. The topological polar surface area (TPSA) is 58.4 Å². The van der Waals surface area contributed by atoms with Crippen molar-refractivity contribution in [2.24, 2.45) is 5.73 Å². The molecule has 0 spiro atoms. The minimum atomic E-state index is -0.242. The van der Waals surface area contributed by atoms with Crippen LogP contribution in [0.25, 0.3) is 0 Å². The quantitative estimate of drug-likeness (QED) is 0.591. The summed E-state index contributed by atoms with van der Waals surface area (Å²) >= 11 is 1.74. The first-order valence-electron chi connectivity index (χ1n) is 5.89. The van der Waals surface area contributed by atoms with Gasteiger partial charge < -0.3 is 16.0 Å². The van der Waals surface area contributed by atoms with E-state index < -0.39 is 0 Å². The predicted octanol–water partition coefficient (Wildman–Crippen LogP) is 0.525. The van der Waals surface area contributed by atoms with Gasteiger partial charge in [-0.15, -0.1) is 0 Å². The van der Waals surface area contributed by atoms with Gasteiger partial charge in [-0.2, -0.15) is 11.8 Å². The molecule has 0 aromatic carbocycles. The molecule has 5 heteroatoms. The zero-order valence-electron chi connectivity index (χ0n) is 10.7. The third-order valence-corrected chi connectivity index (χ3v) is 3.31. The molecule has 16 heavy (non-hydrogen) atoms. The highest BCUT2D eigenvalue weighted by molar-refractivity contribution is 7.98. The zero-order chi connectivity index (χ0) is 12.4. The van der Waals surface area contributed by atoms with Crippen LogP contribution >= 0.6 is 11.8 Å². The Morgan fingerprint density at radius 1 is 1.44 bits per heavy atom. The van der Waals surface area contributed by atoms with E-state index in [1.54, 1.807) is 11.8 Å². The van der Waals surface area contributed by atoms with Gasteiger partial charge in [0, 0.05) is 13.1 Å². The number of hydrogen-bond donors (Lipinski definition) is 2. The largest absolute Gasteiger partial charge is 0.368 e. The molecule has 0 fully saturated rings. The molecule has 1 unspecified atom stereocenters. The fraction of sp³-hybridized carbons (Fsp3) is 0.909. The number of rotatable bonds is 10.